The van der Waals surface area contributed by atoms with Crippen LogP contribution in [-0.4, -0.2) is 52.8 Å². The van der Waals surface area contributed by atoms with E-state index in [1.165, 1.54) is 45.2 Å². The number of hydrogen-bond acceptors (Lipinski definition) is 4. The van der Waals surface area contributed by atoms with Crippen LogP contribution in [0.5, 0.6) is 0 Å². The van der Waals surface area contributed by atoms with Crippen molar-refractivity contribution in [2.75, 3.05) is 19.7 Å². The van der Waals surface area contributed by atoms with Crippen LogP contribution in [0, 0.1) is 5.92 Å². The lowest BCUT2D eigenvalue weighted by atomic mass is 9.81. The van der Waals surface area contributed by atoms with Crippen LogP contribution in [0.25, 0.3) is 0 Å². The quantitative estimate of drug-likeness (QED) is 0.697. The van der Waals surface area contributed by atoms with Crippen LogP contribution in [0.15, 0.2) is 30.3 Å². The monoisotopic (exact) mass is 360 g/mol. The van der Waals surface area contributed by atoms with Crippen molar-refractivity contribution in [1.29, 1.82) is 0 Å². The molecular weight excluding hydrogens is 328 g/mol. The molecule has 0 unspecified atom stereocenters. The summed E-state index contributed by atoms with van der Waals surface area (Å²) in [4.78, 5) is 15.0. The summed E-state index contributed by atoms with van der Waals surface area (Å²) in [6.45, 7) is 2.15. The number of benzene rings is 1. The van der Waals surface area contributed by atoms with Crippen LogP contribution >= 0.6 is 0 Å². The predicted molar refractivity (Wildman–Crippen MR) is 102 cm³/mol. The number of amides is 1. The van der Waals surface area contributed by atoms with Crippen molar-refractivity contribution in [3.8, 4) is 0 Å². The summed E-state index contributed by atoms with van der Waals surface area (Å²) in [7, 11) is 0. The van der Waals surface area contributed by atoms with Crippen molar-refractivity contribution in [3.05, 3.63) is 35.9 Å². The number of carbonyl (C=O) groups excluding carboxylic acids is 1. The molecule has 3 rings (SSSR count). The summed E-state index contributed by atoms with van der Waals surface area (Å²) >= 11 is 0. The van der Waals surface area contributed by atoms with Gasteiger partial charge in [0.2, 0.25) is 5.91 Å². The highest BCUT2D eigenvalue weighted by atomic mass is 16.3. The normalized spacial score (nSPS) is 25.9. The van der Waals surface area contributed by atoms with Gasteiger partial charge in [-0.15, -0.1) is 0 Å². The highest BCUT2D eigenvalue weighted by Crippen LogP contribution is 2.33. The minimum Gasteiger partial charge on any atom is -0.394 e. The van der Waals surface area contributed by atoms with Crippen molar-refractivity contribution in [2.45, 2.75) is 63.1 Å². The molecule has 5 heteroatoms. The van der Waals surface area contributed by atoms with Gasteiger partial charge in [0.1, 0.15) is 6.10 Å². The summed E-state index contributed by atoms with van der Waals surface area (Å²) in [5.41, 5.74) is 0.706. The van der Waals surface area contributed by atoms with E-state index in [2.05, 4.69) is 10.2 Å². The third kappa shape index (κ3) is 4.84. The van der Waals surface area contributed by atoms with Gasteiger partial charge in [0, 0.05) is 12.5 Å². The maximum absolute atomic E-state index is 12.4. The lowest BCUT2D eigenvalue weighted by Gasteiger charge is -2.44. The van der Waals surface area contributed by atoms with Crippen LogP contribution in [0.3, 0.4) is 0 Å². The number of aliphatic hydroxyl groups excluding tert-OH is 2. The van der Waals surface area contributed by atoms with E-state index in [1.807, 2.05) is 18.2 Å². The van der Waals surface area contributed by atoms with Crippen molar-refractivity contribution >= 4 is 5.91 Å². The summed E-state index contributed by atoms with van der Waals surface area (Å²) in [6, 6.07) is 9.15. The number of nitrogens with zero attached hydrogens (tertiary/aromatic N) is 1. The van der Waals surface area contributed by atoms with Gasteiger partial charge in [-0.25, -0.2) is 0 Å². The Bertz CT molecular complexity index is 564. The first-order valence-corrected chi connectivity index (χ1v) is 10.1. The topological polar surface area (TPSA) is 72.8 Å². The Hall–Kier alpha value is -1.43. The molecule has 0 radical (unpaired) electrons. The number of carbonyl (C=O) groups is 1. The number of aliphatic hydroxyl groups is 2. The van der Waals surface area contributed by atoms with Crippen molar-refractivity contribution in [1.82, 2.24) is 10.2 Å². The van der Waals surface area contributed by atoms with Gasteiger partial charge in [0.25, 0.3) is 0 Å². The number of fused-ring (bicyclic) bond motifs is 1. The molecule has 3 N–H and O–H groups in total. The Morgan fingerprint density at radius 1 is 1.15 bits per heavy atom. The van der Waals surface area contributed by atoms with E-state index >= 15 is 0 Å². The van der Waals surface area contributed by atoms with Crippen LogP contribution in [0.1, 0.15) is 56.6 Å². The Morgan fingerprint density at radius 2 is 1.92 bits per heavy atom. The van der Waals surface area contributed by atoms with E-state index in [-0.39, 0.29) is 12.5 Å². The molecule has 2 aliphatic heterocycles. The minimum absolute atomic E-state index is 0.0769. The van der Waals surface area contributed by atoms with Crippen LogP contribution < -0.4 is 5.32 Å². The lowest BCUT2D eigenvalue weighted by molar-refractivity contribution is -0.123. The number of piperidine rings is 2. The number of rotatable bonds is 7. The van der Waals surface area contributed by atoms with Gasteiger partial charge in [0.15, 0.2) is 0 Å². The zero-order valence-electron chi connectivity index (χ0n) is 15.5. The highest BCUT2D eigenvalue weighted by molar-refractivity contribution is 5.76. The molecule has 0 aliphatic carbocycles. The Labute approximate surface area is 156 Å². The molecule has 5 nitrogen and oxygen atoms in total. The molecular formula is C21H32N2O3. The molecule has 1 amide bonds. The second-order valence-electron chi connectivity index (χ2n) is 7.75. The number of hydrogen-bond donors (Lipinski definition) is 3. The highest BCUT2D eigenvalue weighted by Gasteiger charge is 2.33. The maximum Gasteiger partial charge on any atom is 0.220 e. The van der Waals surface area contributed by atoms with Crippen LogP contribution in [0.4, 0.5) is 0 Å². The van der Waals surface area contributed by atoms with E-state index < -0.39 is 12.1 Å². The second-order valence-corrected chi connectivity index (χ2v) is 7.75. The largest absolute Gasteiger partial charge is 0.394 e. The molecule has 144 valence electrons. The molecule has 26 heavy (non-hydrogen) atoms. The van der Waals surface area contributed by atoms with Crippen molar-refractivity contribution < 1.29 is 15.0 Å². The molecule has 2 fully saturated rings. The fourth-order valence-electron chi connectivity index (χ4n) is 4.62. The first-order valence-electron chi connectivity index (χ1n) is 10.1. The molecule has 0 spiro atoms. The van der Waals surface area contributed by atoms with E-state index in [0.717, 1.165) is 6.42 Å². The van der Waals surface area contributed by atoms with Gasteiger partial charge in [-0.3, -0.25) is 4.79 Å². The van der Waals surface area contributed by atoms with Gasteiger partial charge in [-0.2, -0.15) is 0 Å². The summed E-state index contributed by atoms with van der Waals surface area (Å²) in [5.74, 6) is 0.522. The van der Waals surface area contributed by atoms with Gasteiger partial charge in [0.05, 0.1) is 12.6 Å². The predicted octanol–water partition coefficient (Wildman–Crippen LogP) is 2.24. The van der Waals surface area contributed by atoms with E-state index in [0.29, 0.717) is 23.9 Å². The van der Waals surface area contributed by atoms with Crippen LogP contribution in [-0.2, 0) is 4.79 Å². The molecule has 4 atom stereocenters. The molecule has 2 aliphatic rings. The Morgan fingerprint density at radius 3 is 2.69 bits per heavy atom. The molecule has 0 aromatic heterocycles. The van der Waals surface area contributed by atoms with Gasteiger partial charge in [-0.1, -0.05) is 36.8 Å². The molecule has 1 aromatic carbocycles. The molecule has 2 heterocycles. The van der Waals surface area contributed by atoms with Crippen LogP contribution in [0.2, 0.25) is 0 Å². The summed E-state index contributed by atoms with van der Waals surface area (Å²) in [6.07, 6.45) is 6.78. The second kappa shape index (κ2) is 9.49. The third-order valence-corrected chi connectivity index (χ3v) is 6.04. The summed E-state index contributed by atoms with van der Waals surface area (Å²) < 4.78 is 0. The van der Waals surface area contributed by atoms with Crippen molar-refractivity contribution in [3.63, 3.8) is 0 Å². The average Bonchev–Trinajstić information content (AvgIpc) is 2.70. The summed E-state index contributed by atoms with van der Waals surface area (Å²) in [5, 5.41) is 22.8. The van der Waals surface area contributed by atoms with Crippen molar-refractivity contribution in [2.24, 2.45) is 5.92 Å². The first-order chi connectivity index (χ1) is 12.7. The molecule has 0 saturated carbocycles. The maximum atomic E-state index is 12.4. The Kier molecular flexibility index (Phi) is 7.06. The van der Waals surface area contributed by atoms with E-state index in [1.54, 1.807) is 12.1 Å². The molecule has 2 saturated heterocycles. The minimum atomic E-state index is -0.895. The zero-order valence-corrected chi connectivity index (χ0v) is 15.5. The molecule has 1 aromatic rings. The third-order valence-electron chi connectivity index (χ3n) is 6.04. The van der Waals surface area contributed by atoms with E-state index in [4.69, 9.17) is 0 Å². The smallest absolute Gasteiger partial charge is 0.220 e. The zero-order chi connectivity index (χ0) is 18.4. The number of nitrogens with one attached hydrogen (secondary N) is 1. The fraction of sp³-hybridized carbons (Fsp3) is 0.667. The van der Waals surface area contributed by atoms with Gasteiger partial charge >= 0.3 is 0 Å². The molecule has 0 bridgehead atoms. The average molecular weight is 360 g/mol. The standard InChI is InChI=1S/C21H32N2O3/c24-15-18(21(26)17-7-2-1-3-8-17)22-20(25)12-11-16-9-6-14-23-13-5-4-10-19(16)23/h1-3,7-8,16,18-19,21,24,26H,4-6,9-15H2,(H,22,25)/t16-,18-,19+,21-/m0/s1. The Balaban J connectivity index is 1.49. The lowest BCUT2D eigenvalue weighted by Crippen LogP contribution is -2.48. The van der Waals surface area contributed by atoms with Gasteiger partial charge < -0.3 is 20.4 Å². The first kappa shape index (κ1) is 19.3. The van der Waals surface area contributed by atoms with Gasteiger partial charge in [-0.05, 0) is 56.7 Å². The fourth-order valence-corrected chi connectivity index (χ4v) is 4.62. The van der Waals surface area contributed by atoms with E-state index in [9.17, 15) is 15.0 Å². The SMILES string of the molecule is O=C(CC[C@@H]1CCCN2CCCC[C@H]12)N[C@@H](CO)[C@@H](O)c1ccccc1.